The summed E-state index contributed by atoms with van der Waals surface area (Å²) in [7, 11) is 1.76. The van der Waals surface area contributed by atoms with Gasteiger partial charge in [-0.2, -0.15) is 0 Å². The van der Waals surface area contributed by atoms with Crippen molar-refractivity contribution in [2.24, 2.45) is 13.0 Å². The predicted octanol–water partition coefficient (Wildman–Crippen LogP) is 0.651. The van der Waals surface area contributed by atoms with Crippen molar-refractivity contribution in [1.82, 2.24) is 14.9 Å². The largest absolute Gasteiger partial charge is 0.481 e. The van der Waals surface area contributed by atoms with Gasteiger partial charge < -0.3 is 15.0 Å². The first-order chi connectivity index (χ1) is 8.04. The molecule has 0 bridgehead atoms. The van der Waals surface area contributed by atoms with Gasteiger partial charge in [0.1, 0.15) is 5.69 Å². The van der Waals surface area contributed by atoms with Crippen LogP contribution in [0.5, 0.6) is 0 Å². The molecule has 1 unspecified atom stereocenters. The molecule has 2 N–H and O–H groups in total. The maximum atomic E-state index is 11.6. The second-order valence-corrected chi connectivity index (χ2v) is 3.96. The van der Waals surface area contributed by atoms with Crippen LogP contribution in [0.15, 0.2) is 12.5 Å². The Hall–Kier alpha value is -1.85. The number of amides is 1. The van der Waals surface area contributed by atoms with Gasteiger partial charge in [-0.1, -0.05) is 13.3 Å². The average molecular weight is 239 g/mol. The van der Waals surface area contributed by atoms with Gasteiger partial charge in [0.2, 0.25) is 0 Å². The summed E-state index contributed by atoms with van der Waals surface area (Å²) in [5.74, 6) is -1.76. The topological polar surface area (TPSA) is 84.2 Å². The molecule has 6 nitrogen and oxygen atoms in total. The Labute approximate surface area is 99.7 Å². The SMILES string of the molecule is CCCC(CNC(=O)c1cn(C)cn1)C(=O)O. The van der Waals surface area contributed by atoms with Crippen molar-refractivity contribution >= 4 is 11.9 Å². The zero-order valence-electron chi connectivity index (χ0n) is 10.0. The van der Waals surface area contributed by atoms with Crippen LogP contribution in [0.25, 0.3) is 0 Å². The number of carboxylic acids is 1. The van der Waals surface area contributed by atoms with Gasteiger partial charge in [-0.25, -0.2) is 4.98 Å². The molecule has 1 aromatic rings. The van der Waals surface area contributed by atoms with Crippen LogP contribution in [0.4, 0.5) is 0 Å². The van der Waals surface area contributed by atoms with Crippen LogP contribution in [0.2, 0.25) is 0 Å². The summed E-state index contributed by atoms with van der Waals surface area (Å²) >= 11 is 0. The number of aryl methyl sites for hydroxylation is 1. The number of imidazole rings is 1. The van der Waals surface area contributed by atoms with Crippen molar-refractivity contribution < 1.29 is 14.7 Å². The van der Waals surface area contributed by atoms with Gasteiger partial charge in [0.15, 0.2) is 0 Å². The second-order valence-electron chi connectivity index (χ2n) is 3.96. The summed E-state index contributed by atoms with van der Waals surface area (Å²) in [5.41, 5.74) is 0.299. The molecule has 0 spiro atoms. The monoisotopic (exact) mass is 239 g/mol. The Kier molecular flexibility index (Phi) is 4.68. The van der Waals surface area contributed by atoms with E-state index in [1.54, 1.807) is 17.8 Å². The van der Waals surface area contributed by atoms with Crippen LogP contribution in [-0.2, 0) is 11.8 Å². The molecule has 0 saturated carbocycles. The van der Waals surface area contributed by atoms with Crippen molar-refractivity contribution in [2.75, 3.05) is 6.54 Å². The molecule has 0 aliphatic heterocycles. The summed E-state index contributed by atoms with van der Waals surface area (Å²) < 4.78 is 1.66. The quantitative estimate of drug-likeness (QED) is 0.763. The lowest BCUT2D eigenvalue weighted by Gasteiger charge is -2.11. The molecule has 0 aliphatic rings. The molecular formula is C11H17N3O3. The Morgan fingerprint density at radius 3 is 2.76 bits per heavy atom. The Morgan fingerprint density at radius 2 is 2.29 bits per heavy atom. The minimum Gasteiger partial charge on any atom is -0.481 e. The van der Waals surface area contributed by atoms with Gasteiger partial charge in [-0.05, 0) is 6.42 Å². The Bertz CT molecular complexity index is 400. The summed E-state index contributed by atoms with van der Waals surface area (Å²) in [6.07, 6.45) is 4.44. The number of hydrogen-bond acceptors (Lipinski definition) is 3. The Balaban J connectivity index is 2.49. The molecule has 1 aromatic heterocycles. The van der Waals surface area contributed by atoms with Gasteiger partial charge in [0.25, 0.3) is 5.91 Å². The lowest BCUT2D eigenvalue weighted by atomic mass is 10.0. The van der Waals surface area contributed by atoms with Crippen LogP contribution < -0.4 is 5.32 Å². The molecule has 1 heterocycles. The van der Waals surface area contributed by atoms with E-state index < -0.39 is 11.9 Å². The fourth-order valence-corrected chi connectivity index (χ4v) is 1.50. The molecule has 0 aliphatic carbocycles. The number of rotatable bonds is 6. The standard InChI is InChI=1S/C11H17N3O3/c1-3-4-8(11(16)17)5-12-10(15)9-6-14(2)7-13-9/h6-8H,3-5H2,1-2H3,(H,12,15)(H,16,17). The molecule has 0 saturated heterocycles. The van der Waals surface area contributed by atoms with E-state index >= 15 is 0 Å². The van der Waals surface area contributed by atoms with E-state index in [4.69, 9.17) is 5.11 Å². The highest BCUT2D eigenvalue weighted by molar-refractivity contribution is 5.92. The van der Waals surface area contributed by atoms with E-state index in [1.807, 2.05) is 6.92 Å². The molecule has 0 fully saturated rings. The summed E-state index contributed by atoms with van der Waals surface area (Å²) in [5, 5.41) is 11.5. The van der Waals surface area contributed by atoms with E-state index in [0.717, 1.165) is 6.42 Å². The zero-order valence-corrected chi connectivity index (χ0v) is 10.0. The van der Waals surface area contributed by atoms with Crippen molar-refractivity contribution in [3.63, 3.8) is 0 Å². The third-order valence-electron chi connectivity index (χ3n) is 2.43. The van der Waals surface area contributed by atoms with Crippen LogP contribution in [0.1, 0.15) is 30.3 Å². The molecular weight excluding hydrogens is 222 g/mol. The first-order valence-electron chi connectivity index (χ1n) is 5.53. The van der Waals surface area contributed by atoms with E-state index in [1.165, 1.54) is 6.33 Å². The molecule has 1 amide bonds. The minimum atomic E-state index is -0.881. The molecule has 1 atom stereocenters. The molecule has 1 rings (SSSR count). The third kappa shape index (κ3) is 3.90. The van der Waals surface area contributed by atoms with Crippen LogP contribution in [0.3, 0.4) is 0 Å². The van der Waals surface area contributed by atoms with Crippen molar-refractivity contribution in [2.45, 2.75) is 19.8 Å². The zero-order chi connectivity index (χ0) is 12.8. The highest BCUT2D eigenvalue weighted by Crippen LogP contribution is 2.05. The summed E-state index contributed by atoms with van der Waals surface area (Å²) in [6.45, 7) is 2.05. The number of carbonyl (C=O) groups is 2. The third-order valence-corrected chi connectivity index (χ3v) is 2.43. The fraction of sp³-hybridized carbons (Fsp3) is 0.545. The predicted molar refractivity (Wildman–Crippen MR) is 61.6 cm³/mol. The highest BCUT2D eigenvalue weighted by Gasteiger charge is 2.18. The van der Waals surface area contributed by atoms with Crippen molar-refractivity contribution in [3.05, 3.63) is 18.2 Å². The number of hydrogen-bond donors (Lipinski definition) is 2. The lowest BCUT2D eigenvalue weighted by molar-refractivity contribution is -0.141. The number of carbonyl (C=O) groups excluding carboxylic acids is 1. The molecule has 94 valence electrons. The number of nitrogens with one attached hydrogen (secondary N) is 1. The van der Waals surface area contributed by atoms with Gasteiger partial charge in [-0.3, -0.25) is 9.59 Å². The Morgan fingerprint density at radius 1 is 1.59 bits per heavy atom. The maximum absolute atomic E-state index is 11.6. The molecule has 17 heavy (non-hydrogen) atoms. The number of nitrogens with zero attached hydrogens (tertiary/aromatic N) is 2. The van der Waals surface area contributed by atoms with Crippen molar-refractivity contribution in [3.8, 4) is 0 Å². The van der Waals surface area contributed by atoms with E-state index in [9.17, 15) is 9.59 Å². The normalized spacial score (nSPS) is 12.1. The first-order valence-corrected chi connectivity index (χ1v) is 5.53. The van der Waals surface area contributed by atoms with Crippen molar-refractivity contribution in [1.29, 1.82) is 0 Å². The second kappa shape index (κ2) is 6.03. The number of carboxylic acid groups (broad SMARTS) is 1. The highest BCUT2D eigenvalue weighted by atomic mass is 16.4. The van der Waals surface area contributed by atoms with E-state index in [2.05, 4.69) is 10.3 Å². The first kappa shape index (κ1) is 13.2. The summed E-state index contributed by atoms with van der Waals surface area (Å²) in [4.78, 5) is 26.4. The van der Waals surface area contributed by atoms with Crippen LogP contribution in [0, 0.1) is 5.92 Å². The van der Waals surface area contributed by atoms with Gasteiger partial charge in [0, 0.05) is 19.8 Å². The molecule has 0 radical (unpaired) electrons. The van der Waals surface area contributed by atoms with Gasteiger partial charge >= 0.3 is 5.97 Å². The van der Waals surface area contributed by atoms with Gasteiger partial charge in [0.05, 0.1) is 12.2 Å². The molecule has 0 aromatic carbocycles. The number of aliphatic carboxylic acids is 1. The van der Waals surface area contributed by atoms with Crippen LogP contribution >= 0.6 is 0 Å². The average Bonchev–Trinajstić information content (AvgIpc) is 2.70. The number of aromatic nitrogens is 2. The van der Waals surface area contributed by atoms with Crippen LogP contribution in [-0.4, -0.2) is 33.1 Å². The minimum absolute atomic E-state index is 0.137. The van der Waals surface area contributed by atoms with E-state index in [0.29, 0.717) is 12.1 Å². The summed E-state index contributed by atoms with van der Waals surface area (Å²) in [6, 6.07) is 0. The smallest absolute Gasteiger partial charge is 0.308 e. The van der Waals surface area contributed by atoms with Gasteiger partial charge in [-0.15, -0.1) is 0 Å². The molecule has 6 heteroatoms. The fourth-order valence-electron chi connectivity index (χ4n) is 1.50. The lowest BCUT2D eigenvalue weighted by Crippen LogP contribution is -2.33. The maximum Gasteiger partial charge on any atom is 0.308 e. The van der Waals surface area contributed by atoms with E-state index in [-0.39, 0.29) is 12.5 Å².